The fourth-order valence-corrected chi connectivity index (χ4v) is 15.0. The smallest absolute Gasteiger partial charge is 0.425 e. The molecule has 2 aromatic heterocycles. The molecule has 19 nitrogen and oxygen atoms in total. The molecule has 1 spiro atoms. The number of aromatic nitrogens is 3. The number of hydrogen-bond donors (Lipinski definition) is 3. The molecule has 86 heavy (non-hydrogen) atoms. The van der Waals surface area contributed by atoms with Gasteiger partial charge >= 0.3 is 11.9 Å². The molecule has 20 heteroatoms. The van der Waals surface area contributed by atoms with E-state index in [2.05, 4.69) is 63.1 Å². The van der Waals surface area contributed by atoms with Gasteiger partial charge in [0.05, 0.1) is 11.9 Å². The summed E-state index contributed by atoms with van der Waals surface area (Å²) < 4.78 is 6.01. The molecule has 8 heterocycles. The number of nitrogens with zero attached hydrogens (tertiary/aromatic N) is 10. The van der Waals surface area contributed by atoms with Crippen molar-refractivity contribution < 1.29 is 33.7 Å². The molecular formula is C66H91ClN13O6+. The Bertz CT molecular complexity index is 3070. The molecule has 3 N–H and O–H groups in total. The van der Waals surface area contributed by atoms with Crippen LogP contribution in [0.5, 0.6) is 0 Å². The third-order valence-electron chi connectivity index (χ3n) is 20.1. The van der Waals surface area contributed by atoms with Gasteiger partial charge in [-0.05, 0) is 139 Å². The number of benzene rings is 2. The van der Waals surface area contributed by atoms with E-state index in [4.69, 9.17) is 16.3 Å². The number of ether oxygens (including phenoxy) is 1. The zero-order valence-electron chi connectivity index (χ0n) is 51.0. The molecule has 8 fully saturated rings. The van der Waals surface area contributed by atoms with Gasteiger partial charge < -0.3 is 34.6 Å². The van der Waals surface area contributed by atoms with Gasteiger partial charge in [-0.1, -0.05) is 55.1 Å². The number of carbonyl (C=O) groups excluding carboxylic acids is 5. The van der Waals surface area contributed by atoms with Crippen LogP contribution in [0.15, 0.2) is 67.1 Å². The Morgan fingerprint density at radius 1 is 0.756 bits per heavy atom. The summed E-state index contributed by atoms with van der Waals surface area (Å²) in [5.74, 6) is 3.26. The van der Waals surface area contributed by atoms with Crippen LogP contribution >= 0.6 is 11.6 Å². The third kappa shape index (κ3) is 14.1. The number of nitrogens with one attached hydrogen (secondary N) is 3. The monoisotopic (exact) mass is 1200 g/mol. The topological polar surface area (TPSA) is 188 Å². The molecule has 6 saturated heterocycles. The highest BCUT2D eigenvalue weighted by atomic mass is 35.5. The number of H-pyrrole nitrogens is 1. The SMILES string of the molecule is CC(C)(C)OC(=O)N1C(=[NH+][C@@H](CCN2CCN(C(=O)CN3CCC(CN4CCN(C(=O)[C@H](NC(=O)c5cccc(C6CCCN(C(=O)C7CC7)C6)c5)C5CCCCC5)CC4)CC3)CC2)c2ccc(Cl)cc2)C12CCN(c1ncnc3[nH]ccc13)CC2. The molecule has 8 aliphatic rings. The van der Waals surface area contributed by atoms with Crippen LogP contribution in [-0.4, -0.2) is 213 Å². The summed E-state index contributed by atoms with van der Waals surface area (Å²) in [5.41, 5.74) is 2.46. The Hall–Kier alpha value is -6.15. The maximum atomic E-state index is 14.5. The second kappa shape index (κ2) is 26.3. The van der Waals surface area contributed by atoms with Crippen LogP contribution in [0.3, 0.4) is 0 Å². The van der Waals surface area contributed by atoms with E-state index in [1.807, 2.05) is 83.0 Å². The van der Waals surface area contributed by atoms with Gasteiger partial charge in [0.25, 0.3) is 5.91 Å². The van der Waals surface area contributed by atoms with Crippen molar-refractivity contribution in [1.29, 1.82) is 0 Å². The first-order chi connectivity index (χ1) is 41.6. The van der Waals surface area contributed by atoms with Crippen molar-refractivity contribution in [2.45, 2.75) is 140 Å². The molecule has 12 rings (SSSR count). The van der Waals surface area contributed by atoms with Crippen LogP contribution in [0.25, 0.3) is 11.0 Å². The van der Waals surface area contributed by atoms with Crippen LogP contribution in [0.4, 0.5) is 10.6 Å². The lowest BCUT2D eigenvalue weighted by atomic mass is 9.83. The van der Waals surface area contributed by atoms with Gasteiger partial charge in [-0.2, -0.15) is 4.79 Å². The highest BCUT2D eigenvalue weighted by Gasteiger charge is 2.74. The molecule has 0 bridgehead atoms. The third-order valence-corrected chi connectivity index (χ3v) is 20.4. The predicted molar refractivity (Wildman–Crippen MR) is 332 cm³/mol. The molecule has 1 unspecified atom stereocenters. The highest BCUT2D eigenvalue weighted by Crippen LogP contribution is 2.45. The number of amides is 5. The van der Waals surface area contributed by atoms with E-state index >= 15 is 0 Å². The number of hydrogen-bond acceptors (Lipinski definition) is 12. The number of halogens is 1. The summed E-state index contributed by atoms with van der Waals surface area (Å²) in [5, 5.41) is 4.94. The lowest BCUT2D eigenvalue weighted by Gasteiger charge is -2.41. The lowest BCUT2D eigenvalue weighted by molar-refractivity contribution is -0.511. The van der Waals surface area contributed by atoms with E-state index in [9.17, 15) is 24.0 Å². The van der Waals surface area contributed by atoms with Gasteiger partial charge in [0.1, 0.15) is 35.5 Å². The minimum absolute atomic E-state index is 0.0554. The minimum atomic E-state index is -0.647. The van der Waals surface area contributed by atoms with Crippen molar-refractivity contribution in [2.75, 3.05) is 116 Å². The molecule has 2 aliphatic carbocycles. The van der Waals surface area contributed by atoms with Gasteiger partial charge in [-0.3, -0.25) is 38.9 Å². The zero-order valence-corrected chi connectivity index (χ0v) is 51.8. The number of likely N-dealkylation sites (tertiary alicyclic amines) is 2. The second-order valence-electron chi connectivity index (χ2n) is 27.1. The summed E-state index contributed by atoms with van der Waals surface area (Å²) in [6, 6.07) is 17.3. The Morgan fingerprint density at radius 2 is 1.48 bits per heavy atom. The first kappa shape index (κ1) is 60.1. The van der Waals surface area contributed by atoms with Crippen LogP contribution in [0, 0.1) is 17.8 Å². The number of piperazine rings is 2. The number of amidine groups is 1. The van der Waals surface area contributed by atoms with E-state index in [0.29, 0.717) is 61.7 Å². The Morgan fingerprint density at radius 3 is 2.20 bits per heavy atom. The van der Waals surface area contributed by atoms with Crippen molar-refractivity contribution in [3.8, 4) is 0 Å². The second-order valence-corrected chi connectivity index (χ2v) is 27.5. The van der Waals surface area contributed by atoms with E-state index in [-0.39, 0.29) is 47.6 Å². The predicted octanol–water partition coefficient (Wildman–Crippen LogP) is 6.31. The fraction of sp³-hybridized carbons (Fsp3) is 0.636. The van der Waals surface area contributed by atoms with Crippen molar-refractivity contribution in [1.82, 2.24) is 54.6 Å². The molecule has 5 amide bonds. The van der Waals surface area contributed by atoms with Crippen LogP contribution < -0.4 is 15.2 Å². The van der Waals surface area contributed by atoms with E-state index in [1.165, 1.54) is 6.42 Å². The molecule has 3 atom stereocenters. The number of fused-ring (bicyclic) bond motifs is 1. The minimum Gasteiger partial charge on any atom is -0.425 e. The van der Waals surface area contributed by atoms with Crippen molar-refractivity contribution in [3.05, 3.63) is 88.8 Å². The standard InChI is InChI=1S/C66H90ClN13O6/c1-65(2,3)86-64(85)80-63(66(80)24-31-77(32-25-66)59-54-20-26-68-58(54)69-45-70-59)71-55(47-16-18-53(67)19-17-47)23-30-73-33-37-76(38-34-73)56(81)44-74-28-21-46(22-29-74)42-75-35-39-78(40-36-75)62(84)57(48-9-5-4-6-10-48)72-60(82)51-12-7-11-50(41-51)52-13-8-27-79(43-52)61(83)49-14-15-49/h7,11-12,16-20,26,41,45-46,48-49,52,55,57H,4-6,8-10,13-15,21-25,27-40,42-44H2,1-3H3,(H,72,82)(H,68,69,70)/p+1/t52?,55-,57+,80?/m0/s1. The van der Waals surface area contributed by atoms with Crippen molar-refractivity contribution in [2.24, 2.45) is 17.8 Å². The summed E-state index contributed by atoms with van der Waals surface area (Å²) in [7, 11) is 0. The van der Waals surface area contributed by atoms with Gasteiger partial charge in [0.2, 0.25) is 23.3 Å². The fourth-order valence-electron chi connectivity index (χ4n) is 14.8. The maximum absolute atomic E-state index is 14.5. The molecule has 2 aromatic carbocycles. The molecule has 6 aliphatic heterocycles. The van der Waals surface area contributed by atoms with E-state index in [0.717, 1.165) is 189 Å². The van der Waals surface area contributed by atoms with Crippen LogP contribution in [0.1, 0.15) is 144 Å². The van der Waals surface area contributed by atoms with Gasteiger partial charge in [-0.15, -0.1) is 4.90 Å². The Labute approximate surface area is 512 Å². The average molecular weight is 1200 g/mol. The molecule has 0 radical (unpaired) electrons. The number of rotatable bonds is 16. The average Bonchev–Trinajstić information content (AvgIpc) is 2.12. The molecule has 2 saturated carbocycles. The zero-order chi connectivity index (χ0) is 59.5. The lowest BCUT2D eigenvalue weighted by Crippen LogP contribution is -2.74. The summed E-state index contributed by atoms with van der Waals surface area (Å²) in [6.07, 6.45) is 16.7. The Kier molecular flexibility index (Phi) is 18.4. The molecule has 462 valence electrons. The number of carbonyl (C=O) groups is 5. The number of piperidine rings is 3. The first-order valence-corrected chi connectivity index (χ1v) is 32.9. The Balaban J connectivity index is 0.591. The maximum Gasteiger partial charge on any atom is 0.508 e. The number of aromatic amines is 1. The van der Waals surface area contributed by atoms with Gasteiger partial charge in [-0.25, -0.2) is 9.97 Å². The van der Waals surface area contributed by atoms with E-state index < -0.39 is 17.2 Å². The summed E-state index contributed by atoms with van der Waals surface area (Å²) in [4.78, 5) is 103. The van der Waals surface area contributed by atoms with Crippen LogP contribution in [0.2, 0.25) is 5.02 Å². The van der Waals surface area contributed by atoms with Gasteiger partial charge in [0, 0.05) is 140 Å². The molecule has 4 aromatic rings. The van der Waals surface area contributed by atoms with Gasteiger partial charge in [0.15, 0.2) is 0 Å². The first-order valence-electron chi connectivity index (χ1n) is 32.5. The quantitative estimate of drug-likeness (QED) is 0.106. The number of anilines is 1. The molecular weight excluding hydrogens is 1110 g/mol. The van der Waals surface area contributed by atoms with E-state index in [1.54, 1.807) is 6.33 Å². The van der Waals surface area contributed by atoms with Crippen molar-refractivity contribution in [3.63, 3.8) is 0 Å². The summed E-state index contributed by atoms with van der Waals surface area (Å²) in [6.45, 7) is 18.7. The highest BCUT2D eigenvalue weighted by molar-refractivity contribution is 6.30. The normalized spacial score (nSPS) is 23.4. The largest absolute Gasteiger partial charge is 0.508 e. The summed E-state index contributed by atoms with van der Waals surface area (Å²) >= 11 is 6.42. The van der Waals surface area contributed by atoms with Crippen molar-refractivity contribution >= 4 is 64.0 Å². The van der Waals surface area contributed by atoms with Crippen LogP contribution in [-0.2, 0) is 19.1 Å².